The van der Waals surface area contributed by atoms with E-state index in [2.05, 4.69) is 5.10 Å². The Morgan fingerprint density at radius 2 is 1.45 bits per heavy atom. The Morgan fingerprint density at radius 1 is 0.929 bits per heavy atom. The van der Waals surface area contributed by atoms with Crippen LogP contribution in [0.25, 0.3) is 11.1 Å². The molecule has 7 nitrogen and oxygen atoms in total. The van der Waals surface area contributed by atoms with E-state index >= 15 is 0 Å². The van der Waals surface area contributed by atoms with Crippen LogP contribution < -0.4 is 9.31 Å². The minimum atomic E-state index is -6.09. The molecule has 42 heavy (non-hydrogen) atoms. The summed E-state index contributed by atoms with van der Waals surface area (Å²) < 4.78 is 107. The van der Waals surface area contributed by atoms with Crippen molar-refractivity contribution in [3.8, 4) is 11.1 Å². The normalized spacial score (nSPS) is 16.5. The Labute approximate surface area is 242 Å². The van der Waals surface area contributed by atoms with Crippen LogP contribution >= 0.6 is 11.6 Å². The van der Waals surface area contributed by atoms with Gasteiger partial charge in [-0.05, 0) is 41.0 Å². The molecule has 0 saturated carbocycles. The van der Waals surface area contributed by atoms with E-state index in [1.54, 1.807) is 24.3 Å². The largest absolute Gasteiger partial charge is 0.431 e. The number of alkyl halides is 6. The Kier molecular flexibility index (Phi) is 8.57. The summed E-state index contributed by atoms with van der Waals surface area (Å²) in [7, 11) is -3.65. The number of para-hydroxylation sites is 1. The van der Waals surface area contributed by atoms with Gasteiger partial charge in [0.2, 0.25) is 10.0 Å². The van der Waals surface area contributed by atoms with Crippen LogP contribution in [0.15, 0.2) is 77.9 Å². The molecule has 1 aliphatic rings. The fourth-order valence-corrected chi connectivity index (χ4v) is 5.77. The lowest BCUT2D eigenvalue weighted by Gasteiger charge is -2.32. The van der Waals surface area contributed by atoms with Gasteiger partial charge in [-0.3, -0.25) is 9.31 Å². The fraction of sp³-hybridized carbons (Fsp3) is 0.296. The summed E-state index contributed by atoms with van der Waals surface area (Å²) in [6, 6.07) is 17.1. The highest BCUT2D eigenvalue weighted by atomic mass is 35.5. The maximum Gasteiger partial charge on any atom is 0.431 e. The number of halogens is 7. The Hall–Kier alpha value is -3.33. The van der Waals surface area contributed by atoms with Crippen LogP contribution in [0.2, 0.25) is 5.02 Å². The quantitative estimate of drug-likeness (QED) is 0.300. The van der Waals surface area contributed by atoms with E-state index in [1.165, 1.54) is 48.5 Å². The van der Waals surface area contributed by atoms with Gasteiger partial charge in [-0.25, -0.2) is 8.42 Å². The molecule has 0 aliphatic carbocycles. The highest BCUT2D eigenvalue weighted by Crippen LogP contribution is 2.49. The molecule has 1 atom stereocenters. The first kappa shape index (κ1) is 31.6. The van der Waals surface area contributed by atoms with Crippen LogP contribution in [0.1, 0.15) is 18.0 Å². The zero-order valence-corrected chi connectivity index (χ0v) is 23.3. The Balaban J connectivity index is 1.70. The van der Waals surface area contributed by atoms with E-state index in [0.29, 0.717) is 22.4 Å². The molecule has 2 N–H and O–H groups in total. The van der Waals surface area contributed by atoms with E-state index in [0.717, 1.165) is 15.6 Å². The van der Waals surface area contributed by atoms with Crippen molar-refractivity contribution in [3.05, 3.63) is 83.4 Å². The number of rotatable bonds is 8. The molecule has 0 fully saturated rings. The van der Waals surface area contributed by atoms with Crippen molar-refractivity contribution in [2.24, 2.45) is 5.10 Å². The van der Waals surface area contributed by atoms with Crippen molar-refractivity contribution < 1.29 is 45.0 Å². The van der Waals surface area contributed by atoms with Crippen molar-refractivity contribution in [2.45, 2.75) is 30.4 Å². The number of sulfonamides is 1. The van der Waals surface area contributed by atoms with Crippen LogP contribution in [-0.2, 0) is 10.0 Å². The van der Waals surface area contributed by atoms with Crippen molar-refractivity contribution in [2.75, 3.05) is 28.7 Å². The van der Waals surface area contributed by atoms with Crippen molar-refractivity contribution in [1.82, 2.24) is 0 Å². The van der Waals surface area contributed by atoms with E-state index in [9.17, 15) is 45.0 Å². The maximum atomic E-state index is 13.7. The number of hydrogen-bond donors (Lipinski definition) is 2. The molecule has 0 amide bonds. The summed E-state index contributed by atoms with van der Waals surface area (Å²) in [5.41, 5.74) is -4.78. The van der Waals surface area contributed by atoms with Gasteiger partial charge in [0.1, 0.15) is 0 Å². The lowest BCUT2D eigenvalue weighted by molar-refractivity contribution is -0.338. The highest BCUT2D eigenvalue weighted by molar-refractivity contribution is 7.92. The molecule has 0 saturated heterocycles. The lowest BCUT2D eigenvalue weighted by Crippen LogP contribution is -2.62. The van der Waals surface area contributed by atoms with E-state index in [4.69, 9.17) is 11.6 Å². The standard InChI is InChI=1S/C27H24ClF6N3O4S/c1-42(40,41)36(14-15-38)20-12-10-18(11-13-20)17-6-8-19(9-7-17)23-16-24(25(39,26(29,30)31)27(32,33)34)35-37(23)22-5-3-2-4-21(22)28/h2-13,23,38-39H,14-16H2,1H3. The van der Waals surface area contributed by atoms with Gasteiger partial charge in [0.15, 0.2) is 0 Å². The molecule has 3 aromatic carbocycles. The third kappa shape index (κ3) is 5.93. The van der Waals surface area contributed by atoms with E-state index in [-0.39, 0.29) is 17.3 Å². The van der Waals surface area contributed by atoms with Crippen LogP contribution in [0.4, 0.5) is 37.7 Å². The van der Waals surface area contributed by atoms with Gasteiger partial charge in [-0.1, -0.05) is 60.1 Å². The highest BCUT2D eigenvalue weighted by Gasteiger charge is 2.74. The molecule has 1 heterocycles. The molecule has 15 heteroatoms. The van der Waals surface area contributed by atoms with Crippen LogP contribution in [-0.4, -0.2) is 61.7 Å². The van der Waals surface area contributed by atoms with Crippen LogP contribution in [0.5, 0.6) is 0 Å². The second-order valence-electron chi connectivity index (χ2n) is 9.50. The van der Waals surface area contributed by atoms with Gasteiger partial charge in [0, 0.05) is 6.42 Å². The molecule has 1 unspecified atom stereocenters. The number of anilines is 2. The molecular formula is C27H24ClF6N3O4S. The number of benzene rings is 3. The number of hydrogen-bond acceptors (Lipinski definition) is 6. The first-order valence-corrected chi connectivity index (χ1v) is 14.5. The monoisotopic (exact) mass is 635 g/mol. The zero-order chi connectivity index (χ0) is 31.1. The van der Waals surface area contributed by atoms with Gasteiger partial charge in [0.25, 0.3) is 5.60 Å². The van der Waals surface area contributed by atoms with E-state index < -0.39 is 52.8 Å². The minimum absolute atomic E-state index is 0.0242. The molecule has 1 aliphatic heterocycles. The molecule has 4 rings (SSSR count). The SMILES string of the molecule is CS(=O)(=O)N(CCO)c1ccc(-c2ccc(C3CC(C(O)(C(F)(F)F)C(F)(F)F)=NN3c3ccccc3Cl)cc2)cc1. The summed E-state index contributed by atoms with van der Waals surface area (Å²) >= 11 is 6.21. The average molecular weight is 636 g/mol. The second kappa shape index (κ2) is 11.4. The van der Waals surface area contributed by atoms with Gasteiger partial charge < -0.3 is 10.2 Å². The molecule has 226 valence electrons. The zero-order valence-electron chi connectivity index (χ0n) is 21.7. The maximum absolute atomic E-state index is 13.7. The Morgan fingerprint density at radius 3 is 1.93 bits per heavy atom. The summed E-state index contributed by atoms with van der Waals surface area (Å²) in [4.78, 5) is 0. The number of aliphatic hydroxyl groups is 2. The molecule has 0 bridgehead atoms. The van der Waals surface area contributed by atoms with Crippen molar-refractivity contribution >= 4 is 38.7 Å². The number of nitrogens with zero attached hydrogens (tertiary/aromatic N) is 3. The van der Waals surface area contributed by atoms with Crippen LogP contribution in [0, 0.1) is 0 Å². The summed E-state index contributed by atoms with van der Waals surface area (Å²) in [5, 5.41) is 23.8. The van der Waals surface area contributed by atoms with Gasteiger partial charge in [-0.2, -0.15) is 31.4 Å². The first-order chi connectivity index (χ1) is 19.5. The predicted octanol–water partition coefficient (Wildman–Crippen LogP) is 5.93. The van der Waals surface area contributed by atoms with Gasteiger partial charge in [0.05, 0.1) is 47.6 Å². The molecule has 0 aromatic heterocycles. The summed E-state index contributed by atoms with van der Waals surface area (Å²) in [6.45, 7) is -0.532. The second-order valence-corrected chi connectivity index (χ2v) is 11.8. The molecular weight excluding hydrogens is 612 g/mol. The third-order valence-electron chi connectivity index (χ3n) is 6.74. The van der Waals surface area contributed by atoms with Crippen LogP contribution in [0.3, 0.4) is 0 Å². The van der Waals surface area contributed by atoms with Crippen molar-refractivity contribution in [1.29, 1.82) is 0 Å². The summed E-state index contributed by atoms with van der Waals surface area (Å²) in [5.74, 6) is 0. The smallest absolute Gasteiger partial charge is 0.394 e. The minimum Gasteiger partial charge on any atom is -0.394 e. The molecule has 0 spiro atoms. The van der Waals surface area contributed by atoms with Crippen molar-refractivity contribution in [3.63, 3.8) is 0 Å². The average Bonchev–Trinajstić information content (AvgIpc) is 3.35. The molecule has 3 aromatic rings. The Bertz CT molecular complexity index is 1550. The first-order valence-electron chi connectivity index (χ1n) is 12.3. The fourth-order valence-electron chi connectivity index (χ4n) is 4.63. The number of hydrazone groups is 1. The number of aliphatic hydroxyl groups excluding tert-OH is 1. The summed E-state index contributed by atoms with van der Waals surface area (Å²) in [6.07, 6.45) is -12.1. The van der Waals surface area contributed by atoms with Gasteiger partial charge in [-0.15, -0.1) is 0 Å². The predicted molar refractivity (Wildman–Crippen MR) is 147 cm³/mol. The third-order valence-corrected chi connectivity index (χ3v) is 8.25. The van der Waals surface area contributed by atoms with E-state index in [1.807, 2.05) is 0 Å². The van der Waals surface area contributed by atoms with Gasteiger partial charge >= 0.3 is 12.4 Å². The molecule has 0 radical (unpaired) electrons. The topological polar surface area (TPSA) is 93.4 Å². The lowest BCUT2D eigenvalue weighted by atomic mass is 9.89.